The van der Waals surface area contributed by atoms with E-state index in [1.54, 1.807) is 11.3 Å². The van der Waals surface area contributed by atoms with Gasteiger partial charge in [-0.05, 0) is 47.2 Å². The van der Waals surface area contributed by atoms with Crippen LogP contribution in [0.2, 0.25) is 0 Å². The maximum absolute atomic E-state index is 14.3. The Bertz CT molecular complexity index is 294. The molecule has 0 bridgehead atoms. The zero-order chi connectivity index (χ0) is 9.31. The van der Waals surface area contributed by atoms with Gasteiger partial charge in [-0.3, -0.25) is 0 Å². The predicted molar refractivity (Wildman–Crippen MR) is 56.9 cm³/mol. The van der Waals surface area contributed by atoms with Crippen molar-refractivity contribution in [3.8, 4) is 0 Å². The first kappa shape index (κ1) is 9.62. The summed E-state index contributed by atoms with van der Waals surface area (Å²) in [5.74, 6) is 0. The molecule has 0 atom stereocenters. The fourth-order valence-electron chi connectivity index (χ4n) is 1.69. The van der Waals surface area contributed by atoms with E-state index in [9.17, 15) is 4.39 Å². The molecule has 0 unspecified atom stereocenters. The Hall–Kier alpha value is 0.0700. The smallest absolute Gasteiger partial charge is 0.140 e. The third kappa shape index (κ3) is 1.80. The second kappa shape index (κ2) is 3.67. The third-order valence-corrected chi connectivity index (χ3v) is 4.20. The van der Waals surface area contributed by atoms with Gasteiger partial charge in [0.2, 0.25) is 0 Å². The first-order valence-electron chi connectivity index (χ1n) is 4.34. The standard InChI is InChI=1S/C9H11BrFNS/c10-8-6-13-5-7(8)9(11)1-3-12-4-2-9/h5-6,12H,1-4H2. The molecule has 1 aromatic heterocycles. The van der Waals surface area contributed by atoms with Crippen molar-refractivity contribution in [1.82, 2.24) is 5.32 Å². The lowest BCUT2D eigenvalue weighted by atomic mass is 9.89. The lowest BCUT2D eigenvalue weighted by molar-refractivity contribution is 0.115. The van der Waals surface area contributed by atoms with Crippen LogP contribution in [0.3, 0.4) is 0 Å². The van der Waals surface area contributed by atoms with E-state index in [0.717, 1.165) is 23.1 Å². The van der Waals surface area contributed by atoms with Gasteiger partial charge in [0.25, 0.3) is 0 Å². The van der Waals surface area contributed by atoms with Gasteiger partial charge in [-0.25, -0.2) is 4.39 Å². The molecule has 2 rings (SSSR count). The molecule has 1 nitrogen and oxygen atoms in total. The minimum absolute atomic E-state index is 0.586. The van der Waals surface area contributed by atoms with E-state index in [-0.39, 0.29) is 0 Å². The monoisotopic (exact) mass is 263 g/mol. The summed E-state index contributed by atoms with van der Waals surface area (Å²) in [6.45, 7) is 1.55. The van der Waals surface area contributed by atoms with Crippen LogP contribution in [0.25, 0.3) is 0 Å². The van der Waals surface area contributed by atoms with Gasteiger partial charge in [-0.2, -0.15) is 11.3 Å². The molecular formula is C9H11BrFNS. The summed E-state index contributed by atoms with van der Waals surface area (Å²) in [5, 5.41) is 7.02. The van der Waals surface area contributed by atoms with E-state index in [2.05, 4.69) is 21.2 Å². The summed E-state index contributed by atoms with van der Waals surface area (Å²) >= 11 is 4.94. The summed E-state index contributed by atoms with van der Waals surface area (Å²) < 4.78 is 15.3. The fraction of sp³-hybridized carbons (Fsp3) is 0.556. The summed E-state index contributed by atoms with van der Waals surface area (Å²) in [4.78, 5) is 0. The number of rotatable bonds is 1. The average Bonchev–Trinajstić information content (AvgIpc) is 2.53. The van der Waals surface area contributed by atoms with Crippen LogP contribution >= 0.6 is 27.3 Å². The van der Waals surface area contributed by atoms with Gasteiger partial charge in [0, 0.05) is 15.4 Å². The SMILES string of the molecule is FC1(c2cscc2Br)CCNCC1. The van der Waals surface area contributed by atoms with Gasteiger partial charge in [0.15, 0.2) is 0 Å². The van der Waals surface area contributed by atoms with Crippen LogP contribution in [0.1, 0.15) is 18.4 Å². The highest BCUT2D eigenvalue weighted by atomic mass is 79.9. The lowest BCUT2D eigenvalue weighted by Crippen LogP contribution is -2.36. The van der Waals surface area contributed by atoms with Gasteiger partial charge in [-0.1, -0.05) is 0 Å². The van der Waals surface area contributed by atoms with E-state index in [0.29, 0.717) is 12.8 Å². The van der Waals surface area contributed by atoms with Gasteiger partial charge in [0.05, 0.1) is 0 Å². The van der Waals surface area contributed by atoms with Crippen molar-refractivity contribution >= 4 is 27.3 Å². The molecule has 1 N–H and O–H groups in total. The van der Waals surface area contributed by atoms with Gasteiger partial charge in [-0.15, -0.1) is 0 Å². The first-order valence-corrected chi connectivity index (χ1v) is 6.08. The number of thiophene rings is 1. The highest BCUT2D eigenvalue weighted by Crippen LogP contribution is 2.40. The van der Waals surface area contributed by atoms with Crippen molar-refractivity contribution in [3.05, 3.63) is 20.8 Å². The number of hydrogen-bond acceptors (Lipinski definition) is 2. The average molecular weight is 264 g/mol. The maximum Gasteiger partial charge on any atom is 0.140 e. The zero-order valence-electron chi connectivity index (χ0n) is 7.15. The Morgan fingerprint density at radius 1 is 1.38 bits per heavy atom. The minimum Gasteiger partial charge on any atom is -0.316 e. The molecule has 0 saturated carbocycles. The van der Waals surface area contributed by atoms with Gasteiger partial charge in [0.1, 0.15) is 5.67 Å². The molecule has 72 valence electrons. The molecular weight excluding hydrogens is 253 g/mol. The Morgan fingerprint density at radius 2 is 2.08 bits per heavy atom. The topological polar surface area (TPSA) is 12.0 Å². The molecule has 1 aliphatic rings. The van der Waals surface area contributed by atoms with Crippen molar-refractivity contribution in [1.29, 1.82) is 0 Å². The molecule has 1 aliphatic heterocycles. The van der Waals surface area contributed by atoms with Gasteiger partial charge >= 0.3 is 0 Å². The van der Waals surface area contributed by atoms with Gasteiger partial charge < -0.3 is 5.32 Å². The zero-order valence-corrected chi connectivity index (χ0v) is 9.55. The Labute approximate surface area is 89.5 Å². The Balaban J connectivity index is 2.27. The van der Waals surface area contributed by atoms with E-state index in [4.69, 9.17) is 0 Å². The highest BCUT2D eigenvalue weighted by Gasteiger charge is 2.35. The van der Waals surface area contributed by atoms with Crippen molar-refractivity contribution in [2.45, 2.75) is 18.5 Å². The van der Waals surface area contributed by atoms with Crippen LogP contribution in [-0.4, -0.2) is 13.1 Å². The van der Waals surface area contributed by atoms with Crippen LogP contribution in [0.15, 0.2) is 15.2 Å². The molecule has 1 fully saturated rings. The van der Waals surface area contributed by atoms with Crippen molar-refractivity contribution < 1.29 is 4.39 Å². The maximum atomic E-state index is 14.3. The van der Waals surface area contributed by atoms with E-state index in [1.165, 1.54) is 0 Å². The molecule has 2 heterocycles. The molecule has 13 heavy (non-hydrogen) atoms. The summed E-state index contributed by atoms with van der Waals surface area (Å²) in [6.07, 6.45) is 1.17. The van der Waals surface area contributed by atoms with Crippen LogP contribution in [0, 0.1) is 0 Å². The largest absolute Gasteiger partial charge is 0.316 e. The molecule has 1 aromatic rings. The summed E-state index contributed by atoms with van der Waals surface area (Å²) in [7, 11) is 0. The van der Waals surface area contributed by atoms with E-state index >= 15 is 0 Å². The Kier molecular flexibility index (Phi) is 2.72. The van der Waals surface area contributed by atoms with Crippen LogP contribution in [0.5, 0.6) is 0 Å². The summed E-state index contributed by atoms with van der Waals surface area (Å²) in [5.41, 5.74) is -0.275. The predicted octanol–water partition coefficient (Wildman–Crippen LogP) is 3.06. The molecule has 0 amide bonds. The molecule has 0 aromatic carbocycles. The minimum atomic E-state index is -1.11. The van der Waals surface area contributed by atoms with Crippen LogP contribution in [0.4, 0.5) is 4.39 Å². The third-order valence-electron chi connectivity index (χ3n) is 2.49. The molecule has 0 aliphatic carbocycles. The second-order valence-electron chi connectivity index (χ2n) is 3.35. The Morgan fingerprint density at radius 3 is 2.62 bits per heavy atom. The molecule has 0 spiro atoms. The van der Waals surface area contributed by atoms with Crippen LogP contribution in [-0.2, 0) is 5.67 Å². The van der Waals surface area contributed by atoms with Crippen molar-refractivity contribution in [2.24, 2.45) is 0 Å². The number of nitrogens with one attached hydrogen (secondary N) is 1. The van der Waals surface area contributed by atoms with E-state index < -0.39 is 5.67 Å². The fourth-order valence-corrected chi connectivity index (χ4v) is 3.43. The molecule has 0 radical (unpaired) electrons. The van der Waals surface area contributed by atoms with Crippen molar-refractivity contribution in [3.63, 3.8) is 0 Å². The lowest BCUT2D eigenvalue weighted by Gasteiger charge is -2.29. The first-order chi connectivity index (χ1) is 6.22. The van der Waals surface area contributed by atoms with E-state index in [1.807, 2.05) is 10.8 Å². The number of halogens is 2. The number of hydrogen-bond donors (Lipinski definition) is 1. The molecule has 1 saturated heterocycles. The summed E-state index contributed by atoms with van der Waals surface area (Å²) in [6, 6.07) is 0. The van der Waals surface area contributed by atoms with Crippen LogP contribution < -0.4 is 5.32 Å². The number of alkyl halides is 1. The van der Waals surface area contributed by atoms with Crippen molar-refractivity contribution in [2.75, 3.05) is 13.1 Å². The quantitative estimate of drug-likeness (QED) is 0.822. The number of piperidine rings is 1. The normalized spacial score (nSPS) is 21.7. The second-order valence-corrected chi connectivity index (χ2v) is 4.95. The molecule has 4 heteroatoms. The highest BCUT2D eigenvalue weighted by molar-refractivity contribution is 9.10.